The van der Waals surface area contributed by atoms with Gasteiger partial charge < -0.3 is 15.1 Å². The fraction of sp³-hybridized carbons (Fsp3) is 0.600. The number of nitrogens with zero attached hydrogens (tertiary/aromatic N) is 5. The van der Waals surface area contributed by atoms with E-state index in [-0.39, 0.29) is 11.9 Å². The first-order valence-electron chi connectivity index (χ1n) is 12.9. The molecule has 0 radical (unpaired) electrons. The Hall–Kier alpha value is -2.83. The normalized spacial score (nSPS) is 23.6. The number of alkyl halides is 3. The molecule has 0 aromatic heterocycles. The highest BCUT2D eigenvalue weighted by molar-refractivity contribution is 5.76. The average molecular weight is 522 g/mol. The molecule has 3 fully saturated rings. The number of hydrogen-bond acceptors (Lipinski definition) is 6. The van der Waals surface area contributed by atoms with E-state index in [1.54, 1.807) is 23.2 Å². The molecule has 1 atom stereocenters. The van der Waals surface area contributed by atoms with Crippen molar-refractivity contribution in [3.63, 3.8) is 0 Å². The summed E-state index contributed by atoms with van der Waals surface area (Å²) in [6.07, 6.45) is 0.949. The number of carbonyl (C=O) groups is 2. The molecule has 4 aliphatic rings. The summed E-state index contributed by atoms with van der Waals surface area (Å²) in [4.78, 5) is 32.6. The number of piperazine rings is 2. The van der Waals surface area contributed by atoms with Crippen LogP contribution in [0.1, 0.15) is 30.9 Å². The molecule has 3 aliphatic heterocycles. The lowest BCUT2D eigenvalue weighted by Crippen LogP contribution is -2.55. The smallest absolute Gasteiger partial charge is 0.369 e. The van der Waals surface area contributed by atoms with Gasteiger partial charge in [-0.3, -0.25) is 14.6 Å². The lowest BCUT2D eigenvalue weighted by molar-refractivity contribution is -0.137. The van der Waals surface area contributed by atoms with Crippen molar-refractivity contribution < 1.29 is 22.8 Å². The molecular formula is C25H34F3N7O2. The Bertz CT molecular complexity index is 1030. The third-order valence-corrected chi connectivity index (χ3v) is 7.44. The number of hydrazine groups is 1. The Labute approximate surface area is 214 Å². The van der Waals surface area contributed by atoms with Crippen LogP contribution in [0, 0.1) is 0 Å². The van der Waals surface area contributed by atoms with Gasteiger partial charge in [-0.25, -0.2) is 15.2 Å². The minimum absolute atomic E-state index is 0.197. The van der Waals surface area contributed by atoms with Crippen LogP contribution in [0.5, 0.6) is 0 Å². The molecule has 2 saturated heterocycles. The van der Waals surface area contributed by atoms with Crippen molar-refractivity contribution in [2.45, 2.75) is 44.7 Å². The summed E-state index contributed by atoms with van der Waals surface area (Å²) in [6, 6.07) is 4.55. The largest absolute Gasteiger partial charge is 0.416 e. The number of halogens is 3. The van der Waals surface area contributed by atoms with Crippen molar-refractivity contribution in [3.8, 4) is 0 Å². The molecule has 1 aliphatic carbocycles. The van der Waals surface area contributed by atoms with E-state index in [4.69, 9.17) is 0 Å². The van der Waals surface area contributed by atoms with Crippen molar-refractivity contribution in [1.82, 2.24) is 30.5 Å². The maximum atomic E-state index is 13.5. The minimum atomic E-state index is -4.38. The van der Waals surface area contributed by atoms with Crippen LogP contribution in [-0.2, 0) is 17.5 Å². The van der Waals surface area contributed by atoms with E-state index < -0.39 is 17.9 Å². The summed E-state index contributed by atoms with van der Waals surface area (Å²) < 4.78 is 40.6. The fourth-order valence-corrected chi connectivity index (χ4v) is 5.25. The number of hydrogen-bond donors (Lipinski definition) is 2. The first-order valence-corrected chi connectivity index (χ1v) is 12.9. The zero-order chi connectivity index (χ0) is 26.2. The fourth-order valence-electron chi connectivity index (χ4n) is 5.25. The van der Waals surface area contributed by atoms with E-state index in [1.807, 2.05) is 0 Å². The van der Waals surface area contributed by atoms with Gasteiger partial charge in [0.2, 0.25) is 5.91 Å². The zero-order valence-corrected chi connectivity index (χ0v) is 21.0. The molecule has 9 nitrogen and oxygen atoms in total. The van der Waals surface area contributed by atoms with Gasteiger partial charge in [-0.05, 0) is 36.6 Å². The van der Waals surface area contributed by atoms with Crippen molar-refractivity contribution in [2.24, 2.45) is 0 Å². The van der Waals surface area contributed by atoms with Crippen LogP contribution in [0.2, 0.25) is 0 Å². The van der Waals surface area contributed by atoms with Crippen molar-refractivity contribution in [3.05, 3.63) is 41.6 Å². The topological polar surface area (TPSA) is 74.4 Å². The average Bonchev–Trinajstić information content (AvgIpc) is 3.62. The van der Waals surface area contributed by atoms with Gasteiger partial charge in [0, 0.05) is 83.8 Å². The van der Waals surface area contributed by atoms with Gasteiger partial charge in [0.05, 0.1) is 5.56 Å². The molecule has 1 aromatic rings. The van der Waals surface area contributed by atoms with E-state index in [9.17, 15) is 22.8 Å². The van der Waals surface area contributed by atoms with E-state index >= 15 is 0 Å². The predicted molar refractivity (Wildman–Crippen MR) is 132 cm³/mol. The maximum Gasteiger partial charge on any atom is 0.416 e. The zero-order valence-electron chi connectivity index (χ0n) is 21.0. The monoisotopic (exact) mass is 521 g/mol. The van der Waals surface area contributed by atoms with Gasteiger partial charge in [0.1, 0.15) is 6.17 Å². The van der Waals surface area contributed by atoms with Gasteiger partial charge in [-0.2, -0.15) is 13.2 Å². The first kappa shape index (κ1) is 25.8. The van der Waals surface area contributed by atoms with Gasteiger partial charge in [0.15, 0.2) is 0 Å². The van der Waals surface area contributed by atoms with E-state index in [0.29, 0.717) is 44.5 Å². The molecular weight excluding hydrogens is 487 g/mol. The lowest BCUT2D eigenvalue weighted by atomic mass is 10.1. The standard InChI is InChI=1S/C25H34F3N7O2/c1-18(36)29-23-6-7-35(30-23)24(37)34-10-8-31(9-11-34)17-19-2-3-20(25(26,27)28)16-22(19)33-14-12-32(13-15-33)21-4-5-21/h2-3,6-7,16,21,23,30H,4-5,8-15,17H2,1H3,(H,29,36). The Morgan fingerprint density at radius 1 is 1.03 bits per heavy atom. The molecule has 12 heteroatoms. The molecule has 0 bridgehead atoms. The highest BCUT2D eigenvalue weighted by Crippen LogP contribution is 2.35. The van der Waals surface area contributed by atoms with Crippen LogP contribution in [0.3, 0.4) is 0 Å². The third kappa shape index (κ3) is 6.19. The molecule has 1 saturated carbocycles. The Kier molecular flexibility index (Phi) is 7.32. The SMILES string of the molecule is CC(=O)NC1C=CN(C(=O)N2CCN(Cc3ccc(C(F)(F)F)cc3N3CCN(C4CC4)CC3)CC2)N1. The number of nitrogens with one attached hydrogen (secondary N) is 2. The maximum absolute atomic E-state index is 13.5. The Morgan fingerprint density at radius 2 is 1.73 bits per heavy atom. The molecule has 2 N–H and O–H groups in total. The van der Waals surface area contributed by atoms with Gasteiger partial charge >= 0.3 is 12.2 Å². The highest BCUT2D eigenvalue weighted by Gasteiger charge is 2.35. The van der Waals surface area contributed by atoms with Gasteiger partial charge in [-0.1, -0.05) is 6.07 Å². The van der Waals surface area contributed by atoms with Crippen LogP contribution >= 0.6 is 0 Å². The Balaban J connectivity index is 1.20. The molecule has 3 amide bonds. The minimum Gasteiger partial charge on any atom is -0.369 e. The summed E-state index contributed by atoms with van der Waals surface area (Å²) >= 11 is 0. The van der Waals surface area contributed by atoms with Gasteiger partial charge in [0.25, 0.3) is 0 Å². The summed E-state index contributed by atoms with van der Waals surface area (Å²) in [5.74, 6) is -0.197. The molecule has 1 unspecified atom stereocenters. The van der Waals surface area contributed by atoms with Crippen LogP contribution < -0.4 is 15.6 Å². The number of benzene rings is 1. The molecule has 202 valence electrons. The first-order chi connectivity index (χ1) is 17.7. The highest BCUT2D eigenvalue weighted by atomic mass is 19.4. The molecule has 1 aromatic carbocycles. The van der Waals surface area contributed by atoms with Crippen LogP contribution in [0.4, 0.5) is 23.7 Å². The van der Waals surface area contributed by atoms with Crippen molar-refractivity contribution in [1.29, 1.82) is 0 Å². The molecule has 37 heavy (non-hydrogen) atoms. The summed E-state index contributed by atoms with van der Waals surface area (Å²) in [6.45, 7) is 7.40. The van der Waals surface area contributed by atoms with Gasteiger partial charge in [-0.15, -0.1) is 0 Å². The Morgan fingerprint density at radius 3 is 2.35 bits per heavy atom. The number of rotatable bonds is 5. The van der Waals surface area contributed by atoms with Crippen molar-refractivity contribution in [2.75, 3.05) is 57.3 Å². The van der Waals surface area contributed by atoms with Crippen LogP contribution in [0.25, 0.3) is 0 Å². The van der Waals surface area contributed by atoms with Crippen molar-refractivity contribution >= 4 is 17.6 Å². The molecule has 0 spiro atoms. The van der Waals surface area contributed by atoms with E-state index in [0.717, 1.165) is 31.7 Å². The summed E-state index contributed by atoms with van der Waals surface area (Å²) in [5, 5.41) is 4.05. The summed E-state index contributed by atoms with van der Waals surface area (Å²) in [7, 11) is 0. The molecule has 5 rings (SSSR count). The molecule has 3 heterocycles. The third-order valence-electron chi connectivity index (χ3n) is 7.44. The number of urea groups is 1. The summed E-state index contributed by atoms with van der Waals surface area (Å²) in [5.41, 5.74) is 3.86. The van der Waals surface area contributed by atoms with Crippen LogP contribution in [-0.4, -0.2) is 96.2 Å². The number of carbonyl (C=O) groups excluding carboxylic acids is 2. The second-order valence-electron chi connectivity index (χ2n) is 10.2. The second-order valence-corrected chi connectivity index (χ2v) is 10.2. The van der Waals surface area contributed by atoms with Crippen LogP contribution in [0.15, 0.2) is 30.5 Å². The quantitative estimate of drug-likeness (QED) is 0.618. The second kappa shape index (κ2) is 10.5. The number of anilines is 1. The predicted octanol–water partition coefficient (Wildman–Crippen LogP) is 2.02. The lowest BCUT2D eigenvalue weighted by Gasteiger charge is -2.39. The number of amides is 3. The van der Waals surface area contributed by atoms with E-state index in [1.165, 1.54) is 36.9 Å². The van der Waals surface area contributed by atoms with E-state index in [2.05, 4.69) is 25.4 Å².